The van der Waals surface area contributed by atoms with E-state index in [1.165, 1.54) is 11.0 Å². The lowest BCUT2D eigenvalue weighted by molar-refractivity contribution is 0.596. The van der Waals surface area contributed by atoms with Gasteiger partial charge >= 0.3 is 0 Å². The molecule has 0 bridgehead atoms. The molecule has 0 aromatic carbocycles. The minimum Gasteiger partial charge on any atom is -0.310 e. The molecule has 0 aliphatic rings. The molecule has 2 aromatic heterocycles. The van der Waals surface area contributed by atoms with Gasteiger partial charge in [0.1, 0.15) is 12.4 Å². The van der Waals surface area contributed by atoms with Crippen molar-refractivity contribution >= 4 is 0 Å². The average Bonchev–Trinajstić information content (AvgIpc) is 2.88. The Balaban J connectivity index is 2.29. The molecular weight excluding hydrogens is 228 g/mol. The third-order valence-electron chi connectivity index (χ3n) is 2.61. The van der Waals surface area contributed by atoms with Gasteiger partial charge in [-0.05, 0) is 31.2 Å². The van der Waals surface area contributed by atoms with Crippen molar-refractivity contribution in [3.05, 3.63) is 36.0 Å². The number of hydrogen-bond acceptors (Lipinski definition) is 5. The predicted molar refractivity (Wildman–Crippen MR) is 66.0 cm³/mol. The van der Waals surface area contributed by atoms with Crippen LogP contribution in [-0.2, 0) is 0 Å². The third kappa shape index (κ3) is 2.52. The number of rotatable bonds is 4. The molecule has 92 valence electrons. The van der Waals surface area contributed by atoms with Crippen LogP contribution in [0.25, 0.3) is 5.82 Å². The summed E-state index contributed by atoms with van der Waals surface area (Å²) in [5.74, 6) is 0.799. The Labute approximate surface area is 105 Å². The van der Waals surface area contributed by atoms with E-state index in [-0.39, 0.29) is 11.9 Å². The summed E-state index contributed by atoms with van der Waals surface area (Å²) in [6.07, 6.45) is 3.22. The minimum atomic E-state index is 0.141. The highest BCUT2D eigenvalue weighted by molar-refractivity contribution is 5.29. The van der Waals surface area contributed by atoms with E-state index < -0.39 is 0 Å². The molecule has 6 heteroatoms. The molecule has 1 unspecified atom stereocenters. The van der Waals surface area contributed by atoms with Gasteiger partial charge in [0.05, 0.1) is 0 Å². The summed E-state index contributed by atoms with van der Waals surface area (Å²) < 4.78 is 1.50. The zero-order valence-electron chi connectivity index (χ0n) is 10.3. The van der Waals surface area contributed by atoms with Crippen molar-refractivity contribution in [1.29, 1.82) is 5.26 Å². The van der Waals surface area contributed by atoms with Crippen LogP contribution in [0.5, 0.6) is 0 Å². The Hall–Kier alpha value is -2.26. The van der Waals surface area contributed by atoms with Gasteiger partial charge in [-0.1, -0.05) is 6.92 Å². The van der Waals surface area contributed by atoms with E-state index in [9.17, 15) is 0 Å². The lowest BCUT2D eigenvalue weighted by atomic mass is 10.1. The number of nitrogens with zero attached hydrogens (tertiary/aromatic N) is 5. The molecule has 1 atom stereocenters. The van der Waals surface area contributed by atoms with E-state index in [1.54, 1.807) is 6.20 Å². The van der Waals surface area contributed by atoms with E-state index in [4.69, 9.17) is 5.26 Å². The maximum Gasteiger partial charge on any atom is 0.252 e. The molecule has 0 fully saturated rings. The van der Waals surface area contributed by atoms with Gasteiger partial charge in [-0.2, -0.15) is 5.26 Å². The van der Waals surface area contributed by atoms with Gasteiger partial charge in [-0.3, -0.25) is 0 Å². The zero-order chi connectivity index (χ0) is 13.0. The molecular formula is C12H14N6. The minimum absolute atomic E-state index is 0.141. The van der Waals surface area contributed by atoms with Crippen molar-refractivity contribution in [3.8, 4) is 11.9 Å². The molecule has 0 aliphatic heterocycles. The Kier molecular flexibility index (Phi) is 3.65. The highest BCUT2D eigenvalue weighted by Crippen LogP contribution is 2.14. The van der Waals surface area contributed by atoms with Crippen molar-refractivity contribution in [2.24, 2.45) is 0 Å². The van der Waals surface area contributed by atoms with Crippen LogP contribution in [0.4, 0.5) is 0 Å². The summed E-state index contributed by atoms with van der Waals surface area (Å²) in [4.78, 5) is 8.08. The largest absolute Gasteiger partial charge is 0.310 e. The number of hydrogen-bond donors (Lipinski definition) is 1. The van der Waals surface area contributed by atoms with Gasteiger partial charge in [-0.15, -0.1) is 5.10 Å². The van der Waals surface area contributed by atoms with Crippen LogP contribution in [0.2, 0.25) is 0 Å². The summed E-state index contributed by atoms with van der Waals surface area (Å²) in [7, 11) is 0. The van der Waals surface area contributed by atoms with Crippen molar-refractivity contribution in [3.63, 3.8) is 0 Å². The highest BCUT2D eigenvalue weighted by atomic mass is 15.4. The molecule has 0 saturated heterocycles. The third-order valence-corrected chi connectivity index (χ3v) is 2.61. The molecule has 0 amide bonds. The second kappa shape index (κ2) is 5.38. The quantitative estimate of drug-likeness (QED) is 0.871. The lowest BCUT2D eigenvalue weighted by Crippen LogP contribution is -2.18. The Morgan fingerprint density at radius 3 is 3.00 bits per heavy atom. The van der Waals surface area contributed by atoms with Crippen molar-refractivity contribution in [1.82, 2.24) is 25.1 Å². The number of pyridine rings is 1. The van der Waals surface area contributed by atoms with Gasteiger partial charge < -0.3 is 5.32 Å². The maximum absolute atomic E-state index is 8.69. The lowest BCUT2D eigenvalue weighted by Gasteiger charge is -2.13. The molecule has 1 N–H and O–H groups in total. The van der Waals surface area contributed by atoms with Gasteiger partial charge in [-0.25, -0.2) is 14.6 Å². The first kappa shape index (κ1) is 12.2. The molecule has 18 heavy (non-hydrogen) atoms. The van der Waals surface area contributed by atoms with E-state index in [2.05, 4.69) is 34.2 Å². The molecule has 2 heterocycles. The first-order valence-electron chi connectivity index (χ1n) is 5.76. The van der Waals surface area contributed by atoms with E-state index >= 15 is 0 Å². The molecule has 0 spiro atoms. The second-order valence-corrected chi connectivity index (χ2v) is 3.85. The fraction of sp³-hybridized carbons (Fsp3) is 0.333. The van der Waals surface area contributed by atoms with Crippen LogP contribution in [0.1, 0.15) is 31.3 Å². The molecule has 0 saturated carbocycles. The molecule has 2 aromatic rings. The topological polar surface area (TPSA) is 79.4 Å². The molecule has 0 aliphatic carbocycles. The van der Waals surface area contributed by atoms with Crippen LogP contribution in [0.15, 0.2) is 24.7 Å². The Morgan fingerprint density at radius 1 is 1.50 bits per heavy atom. The standard InChI is InChI=1S/C12H14N6/c1-3-14-9(2)10-4-5-15-12(6-10)18-8-16-11(7-13)17-18/h4-6,8-9,14H,3H2,1-2H3. The van der Waals surface area contributed by atoms with Crippen LogP contribution >= 0.6 is 0 Å². The summed E-state index contributed by atoms with van der Waals surface area (Å²) in [5, 5.41) is 16.0. The fourth-order valence-electron chi connectivity index (χ4n) is 1.68. The number of nitrogens with one attached hydrogen (secondary N) is 1. The predicted octanol–water partition coefficient (Wildman–Crippen LogP) is 1.20. The van der Waals surface area contributed by atoms with E-state index in [0.29, 0.717) is 5.82 Å². The molecule has 0 radical (unpaired) electrons. The number of aromatic nitrogens is 4. The van der Waals surface area contributed by atoms with E-state index in [0.717, 1.165) is 12.1 Å². The Bertz CT molecular complexity index is 568. The summed E-state index contributed by atoms with van der Waals surface area (Å²) in [5.41, 5.74) is 1.12. The molecule has 2 rings (SSSR count). The van der Waals surface area contributed by atoms with Gasteiger partial charge in [0.25, 0.3) is 5.82 Å². The van der Waals surface area contributed by atoms with Crippen LogP contribution in [-0.4, -0.2) is 26.3 Å². The van der Waals surface area contributed by atoms with Crippen LogP contribution < -0.4 is 5.32 Å². The van der Waals surface area contributed by atoms with Crippen molar-refractivity contribution in [2.75, 3.05) is 6.54 Å². The fourth-order valence-corrected chi connectivity index (χ4v) is 1.68. The monoisotopic (exact) mass is 242 g/mol. The summed E-state index contributed by atoms with van der Waals surface area (Å²) in [6.45, 7) is 5.06. The van der Waals surface area contributed by atoms with Crippen LogP contribution in [0.3, 0.4) is 0 Å². The summed E-state index contributed by atoms with van der Waals surface area (Å²) >= 11 is 0. The average molecular weight is 242 g/mol. The Morgan fingerprint density at radius 2 is 2.33 bits per heavy atom. The van der Waals surface area contributed by atoms with E-state index in [1.807, 2.05) is 18.2 Å². The normalized spacial score (nSPS) is 12.1. The van der Waals surface area contributed by atoms with Crippen molar-refractivity contribution in [2.45, 2.75) is 19.9 Å². The first-order valence-corrected chi connectivity index (χ1v) is 5.76. The first-order chi connectivity index (χ1) is 8.74. The SMILES string of the molecule is CCNC(C)c1ccnc(-n2cnc(C#N)n2)c1. The zero-order valence-corrected chi connectivity index (χ0v) is 10.3. The van der Waals surface area contributed by atoms with Crippen LogP contribution in [0, 0.1) is 11.3 Å². The second-order valence-electron chi connectivity index (χ2n) is 3.85. The highest BCUT2D eigenvalue weighted by Gasteiger charge is 2.07. The van der Waals surface area contributed by atoms with Gasteiger partial charge in [0.15, 0.2) is 5.82 Å². The van der Waals surface area contributed by atoms with Gasteiger partial charge in [0.2, 0.25) is 0 Å². The summed E-state index contributed by atoms with van der Waals surface area (Å²) in [6, 6.07) is 6.03. The molecule has 6 nitrogen and oxygen atoms in total. The number of nitriles is 1. The smallest absolute Gasteiger partial charge is 0.252 e. The van der Waals surface area contributed by atoms with Crippen molar-refractivity contribution < 1.29 is 0 Å². The van der Waals surface area contributed by atoms with Gasteiger partial charge in [0, 0.05) is 12.2 Å². The maximum atomic E-state index is 8.69.